The molecule has 2 aliphatic rings. The van der Waals surface area contributed by atoms with Gasteiger partial charge in [-0.05, 0) is 129 Å². The van der Waals surface area contributed by atoms with Crippen molar-refractivity contribution < 1.29 is 29.3 Å². The molecule has 8 nitrogen and oxygen atoms in total. The van der Waals surface area contributed by atoms with E-state index in [1.54, 1.807) is 4.90 Å². The van der Waals surface area contributed by atoms with E-state index in [0.717, 1.165) is 90.1 Å². The number of ketones is 1. The quantitative estimate of drug-likeness (QED) is 0.0412. The van der Waals surface area contributed by atoms with Crippen LogP contribution in [0.5, 0.6) is 0 Å². The maximum absolute atomic E-state index is 12.5. The van der Waals surface area contributed by atoms with Crippen molar-refractivity contribution in [2.45, 2.75) is 282 Å². The summed E-state index contributed by atoms with van der Waals surface area (Å²) in [4.78, 5) is 26.6. The highest BCUT2D eigenvalue weighted by Gasteiger charge is 2.40. The van der Waals surface area contributed by atoms with E-state index in [2.05, 4.69) is 67.8 Å². The van der Waals surface area contributed by atoms with E-state index in [0.29, 0.717) is 44.6 Å². The van der Waals surface area contributed by atoms with Crippen molar-refractivity contribution >= 4 is 11.7 Å². The normalized spacial score (nSPS) is 18.6. The van der Waals surface area contributed by atoms with Crippen molar-refractivity contribution in [3.63, 3.8) is 0 Å². The molecule has 0 aliphatic carbocycles. The van der Waals surface area contributed by atoms with E-state index in [1.807, 2.05) is 0 Å². The second-order valence-corrected chi connectivity index (χ2v) is 20.2. The van der Waals surface area contributed by atoms with E-state index in [9.17, 15) is 19.8 Å². The van der Waals surface area contributed by atoms with Gasteiger partial charge in [0, 0.05) is 38.6 Å². The SMILES string of the molecule is CCCCC/C=C\C/C=C\CCCCCCCCC1(CCCCCCCC/C=C\C/C=C\CCCCC)OCC(CCNCCCCCC(=O)CCCCCCC(=O)N2C[C@H](O)C[C@H]2CO)O1. The lowest BCUT2D eigenvalue weighted by Gasteiger charge is -2.28. The van der Waals surface area contributed by atoms with Crippen LogP contribution in [0.25, 0.3) is 0 Å². The Bertz CT molecular complexity index is 1230. The summed E-state index contributed by atoms with van der Waals surface area (Å²) < 4.78 is 13.4. The molecule has 0 radical (unpaired) electrons. The standard InChI is InChI=1S/C59H106N2O6/c1-3-5-7-9-11-13-15-17-19-21-23-25-27-29-33-39-46-59(47-40-34-30-28-26-24-22-20-18-16-14-12-10-8-6-4-2)66-53-57(67-59)45-49-60-48-41-35-37-43-55(63)42-36-31-32-38-44-58(65)61-51-56(64)50-54(61)52-62/h11-14,17-20,54,56-57,60,62,64H,3-10,15-16,21-53H2,1-2H3/b13-11-,14-12-,19-17-,20-18-/t54-,56+,57?/m0/s1. The van der Waals surface area contributed by atoms with E-state index in [-0.39, 0.29) is 24.7 Å². The van der Waals surface area contributed by atoms with Crippen LogP contribution in [0.4, 0.5) is 0 Å². The van der Waals surface area contributed by atoms with Crippen LogP contribution >= 0.6 is 0 Å². The topological polar surface area (TPSA) is 108 Å². The predicted octanol–water partition coefficient (Wildman–Crippen LogP) is 14.9. The number of hydrogen-bond donors (Lipinski definition) is 3. The highest BCUT2D eigenvalue weighted by atomic mass is 16.7. The van der Waals surface area contributed by atoms with Crippen molar-refractivity contribution in [1.29, 1.82) is 0 Å². The molecule has 0 spiro atoms. The van der Waals surface area contributed by atoms with Gasteiger partial charge in [-0.1, -0.05) is 159 Å². The van der Waals surface area contributed by atoms with E-state index in [1.165, 1.54) is 141 Å². The maximum Gasteiger partial charge on any atom is 0.222 e. The van der Waals surface area contributed by atoms with E-state index >= 15 is 0 Å². The maximum atomic E-state index is 12.5. The van der Waals surface area contributed by atoms with E-state index < -0.39 is 11.9 Å². The summed E-state index contributed by atoms with van der Waals surface area (Å²) in [5.74, 6) is -0.0240. The van der Waals surface area contributed by atoms with Crippen molar-refractivity contribution in [3.05, 3.63) is 48.6 Å². The summed E-state index contributed by atoms with van der Waals surface area (Å²) in [5.41, 5.74) is 0. The molecule has 0 aromatic heterocycles. The predicted molar refractivity (Wildman–Crippen MR) is 283 cm³/mol. The number of carbonyl (C=O) groups excluding carboxylic acids is 2. The average molecular weight is 940 g/mol. The largest absolute Gasteiger partial charge is 0.394 e. The third-order valence-electron chi connectivity index (χ3n) is 13.9. The zero-order valence-corrected chi connectivity index (χ0v) is 43.7. The number of likely N-dealkylation sites (tertiary alicyclic amines) is 1. The Kier molecular flexibility index (Phi) is 40.0. The molecule has 3 atom stereocenters. The van der Waals surface area contributed by atoms with Crippen molar-refractivity contribution in [2.24, 2.45) is 0 Å². The van der Waals surface area contributed by atoms with Crippen LogP contribution in [0, 0.1) is 0 Å². The molecule has 0 aromatic rings. The molecule has 0 bridgehead atoms. The first-order valence-electron chi connectivity index (χ1n) is 28.7. The first-order valence-corrected chi connectivity index (χ1v) is 28.7. The molecule has 1 amide bonds. The summed E-state index contributed by atoms with van der Waals surface area (Å²) in [7, 11) is 0. The number of hydrogen-bond acceptors (Lipinski definition) is 7. The van der Waals surface area contributed by atoms with Gasteiger partial charge in [0.25, 0.3) is 0 Å². The molecule has 1 unspecified atom stereocenters. The number of ether oxygens (including phenoxy) is 2. The molecular weight excluding hydrogens is 833 g/mol. The minimum atomic E-state index is -0.528. The number of unbranched alkanes of at least 4 members (excludes halogenated alkanes) is 23. The zero-order valence-electron chi connectivity index (χ0n) is 43.7. The van der Waals surface area contributed by atoms with Gasteiger partial charge in [-0.25, -0.2) is 0 Å². The van der Waals surface area contributed by atoms with Gasteiger partial charge in [0.15, 0.2) is 5.79 Å². The third kappa shape index (κ3) is 34.0. The molecular formula is C59H106N2O6. The summed E-state index contributed by atoms with van der Waals surface area (Å²) >= 11 is 0. The van der Waals surface area contributed by atoms with Gasteiger partial charge in [-0.15, -0.1) is 0 Å². The minimum absolute atomic E-state index is 0.0195. The first-order chi connectivity index (χ1) is 32.9. The molecule has 2 heterocycles. The molecule has 8 heteroatoms. The number of nitrogens with zero attached hydrogens (tertiary/aromatic N) is 1. The lowest BCUT2D eigenvalue weighted by molar-refractivity contribution is -0.179. The highest BCUT2D eigenvalue weighted by Crippen LogP contribution is 2.35. The lowest BCUT2D eigenvalue weighted by Crippen LogP contribution is -2.37. The minimum Gasteiger partial charge on any atom is -0.394 e. The Hall–Kier alpha value is -2.10. The smallest absolute Gasteiger partial charge is 0.222 e. The van der Waals surface area contributed by atoms with Crippen LogP contribution in [-0.4, -0.2) is 83.7 Å². The Balaban J connectivity index is 1.57. The zero-order chi connectivity index (χ0) is 48.1. The van der Waals surface area contributed by atoms with Gasteiger partial charge in [0.05, 0.1) is 31.5 Å². The fraction of sp³-hybridized carbons (Fsp3) is 0.831. The number of aliphatic hydroxyl groups is 2. The summed E-state index contributed by atoms with van der Waals surface area (Å²) in [5, 5.41) is 22.9. The fourth-order valence-electron chi connectivity index (χ4n) is 9.64. The Morgan fingerprint density at radius 3 is 1.57 bits per heavy atom. The molecule has 67 heavy (non-hydrogen) atoms. The summed E-state index contributed by atoms with van der Waals surface area (Å²) in [6.07, 6.45) is 60.6. The number of rotatable bonds is 47. The third-order valence-corrected chi connectivity index (χ3v) is 13.9. The average Bonchev–Trinajstić information content (AvgIpc) is 3.93. The van der Waals surface area contributed by atoms with Gasteiger partial charge < -0.3 is 29.9 Å². The molecule has 0 saturated carbocycles. The lowest BCUT2D eigenvalue weighted by atomic mass is 9.98. The van der Waals surface area contributed by atoms with Crippen molar-refractivity contribution in [1.82, 2.24) is 10.2 Å². The number of amides is 1. The number of allylic oxidation sites excluding steroid dienone is 8. The number of β-amino-alcohol motifs (C(OH)–C–C–N with tert-alkyl or cyclic N) is 1. The first kappa shape index (κ1) is 61.0. The molecule has 2 saturated heterocycles. The number of nitrogens with one attached hydrogen (secondary N) is 1. The second-order valence-electron chi connectivity index (χ2n) is 20.2. The second kappa shape index (κ2) is 43.9. The molecule has 2 fully saturated rings. The fourth-order valence-corrected chi connectivity index (χ4v) is 9.64. The molecule has 3 N–H and O–H groups in total. The summed E-state index contributed by atoms with van der Waals surface area (Å²) in [6.45, 7) is 7.38. The number of Topliss-reactive ketones (excluding diaryl/α,β-unsaturated/α-hetero) is 1. The monoisotopic (exact) mass is 939 g/mol. The Morgan fingerprint density at radius 1 is 0.582 bits per heavy atom. The summed E-state index contributed by atoms with van der Waals surface area (Å²) in [6, 6.07) is -0.249. The van der Waals surface area contributed by atoms with Crippen LogP contribution in [0.2, 0.25) is 0 Å². The molecule has 0 aromatic carbocycles. The molecule has 388 valence electrons. The van der Waals surface area contributed by atoms with Crippen molar-refractivity contribution in [2.75, 3.05) is 32.8 Å². The van der Waals surface area contributed by atoms with Crippen LogP contribution in [0.1, 0.15) is 258 Å². The number of aliphatic hydroxyl groups excluding tert-OH is 2. The Morgan fingerprint density at radius 2 is 1.04 bits per heavy atom. The number of carbonyl (C=O) groups is 2. The van der Waals surface area contributed by atoms with Gasteiger partial charge in [0.1, 0.15) is 5.78 Å². The highest BCUT2D eigenvalue weighted by molar-refractivity contribution is 5.78. The van der Waals surface area contributed by atoms with Gasteiger partial charge in [0.2, 0.25) is 5.91 Å². The van der Waals surface area contributed by atoms with Gasteiger partial charge in [-0.2, -0.15) is 0 Å². The van der Waals surface area contributed by atoms with Crippen LogP contribution in [0.3, 0.4) is 0 Å². The van der Waals surface area contributed by atoms with Gasteiger partial charge in [-0.3, -0.25) is 9.59 Å². The van der Waals surface area contributed by atoms with Crippen LogP contribution < -0.4 is 5.32 Å². The van der Waals surface area contributed by atoms with Crippen molar-refractivity contribution in [3.8, 4) is 0 Å². The van der Waals surface area contributed by atoms with Gasteiger partial charge >= 0.3 is 0 Å². The van der Waals surface area contributed by atoms with Crippen LogP contribution in [0.15, 0.2) is 48.6 Å². The molecule has 2 rings (SSSR count). The van der Waals surface area contributed by atoms with Crippen LogP contribution in [-0.2, 0) is 19.1 Å². The van der Waals surface area contributed by atoms with E-state index in [4.69, 9.17) is 9.47 Å². The molecule has 2 aliphatic heterocycles. The Labute approximate surface area is 413 Å².